The number of para-hydroxylation sites is 1. The maximum absolute atomic E-state index is 13.7. The highest BCUT2D eigenvalue weighted by Crippen LogP contribution is 2.65. The van der Waals surface area contributed by atoms with Crippen molar-refractivity contribution in [2.45, 2.75) is 97.1 Å². The molecule has 3 saturated carbocycles. The van der Waals surface area contributed by atoms with Gasteiger partial charge in [0.15, 0.2) is 0 Å². The smallest absolute Gasteiger partial charge is 0.482 e. The summed E-state index contributed by atoms with van der Waals surface area (Å²) in [5.74, 6) is -5.35. The van der Waals surface area contributed by atoms with Crippen molar-refractivity contribution >= 4 is 25.0 Å². The average Bonchev–Trinajstić information content (AvgIpc) is 3.18. The zero-order valence-electron chi connectivity index (χ0n) is 24.0. The second kappa shape index (κ2) is 10.9. The number of methoxy groups -OCH3 is 1. The largest absolute Gasteiger partial charge is 0.496 e. The van der Waals surface area contributed by atoms with Crippen LogP contribution in [0.15, 0.2) is 18.2 Å². The number of ether oxygens (including phenoxy) is 3. The van der Waals surface area contributed by atoms with Crippen molar-refractivity contribution in [3.05, 3.63) is 29.3 Å². The van der Waals surface area contributed by atoms with Crippen LogP contribution < -0.4 is 10.1 Å². The van der Waals surface area contributed by atoms with Gasteiger partial charge in [-0.15, -0.1) is 0 Å². The summed E-state index contributed by atoms with van der Waals surface area (Å²) >= 11 is 0. The highest BCUT2D eigenvalue weighted by atomic mass is 19.3. The Bertz CT molecular complexity index is 1160. The summed E-state index contributed by atoms with van der Waals surface area (Å²) in [6.45, 7) is 9.77. The van der Waals surface area contributed by atoms with E-state index in [9.17, 15) is 23.2 Å². The Morgan fingerprint density at radius 1 is 1.20 bits per heavy atom. The molecular formula is C28H38BF2NO8. The van der Waals surface area contributed by atoms with Gasteiger partial charge in [-0.2, -0.15) is 0 Å². The lowest BCUT2D eigenvalue weighted by atomic mass is 9.43. The van der Waals surface area contributed by atoms with Crippen LogP contribution in [0, 0.1) is 17.3 Å². The van der Waals surface area contributed by atoms with Crippen molar-refractivity contribution in [3.63, 3.8) is 0 Å². The molecule has 1 saturated heterocycles. The lowest BCUT2D eigenvalue weighted by molar-refractivity contribution is -0.199. The molecule has 4 fully saturated rings. The highest BCUT2D eigenvalue weighted by Gasteiger charge is 2.68. The number of halogens is 2. The number of hydrogen-bond donors (Lipinski definition) is 1. The van der Waals surface area contributed by atoms with Crippen molar-refractivity contribution in [1.82, 2.24) is 5.32 Å². The van der Waals surface area contributed by atoms with Crippen LogP contribution in [0.4, 0.5) is 8.78 Å². The van der Waals surface area contributed by atoms with Crippen LogP contribution in [0.1, 0.15) is 76.7 Å². The lowest BCUT2D eigenvalue weighted by Gasteiger charge is -2.64. The molecule has 3 aliphatic carbocycles. The molecule has 0 radical (unpaired) electrons. The number of amides is 1. The molecule has 5 rings (SSSR count). The zero-order valence-corrected chi connectivity index (χ0v) is 24.0. The van der Waals surface area contributed by atoms with Gasteiger partial charge >= 0.3 is 19.1 Å². The van der Waals surface area contributed by atoms with Gasteiger partial charge in [-0.1, -0.05) is 26.0 Å². The normalized spacial score (nSPS) is 28.0. The van der Waals surface area contributed by atoms with E-state index in [1.54, 1.807) is 12.1 Å². The van der Waals surface area contributed by atoms with Crippen molar-refractivity contribution in [1.29, 1.82) is 0 Å². The molecule has 1 amide bonds. The molecule has 1 N–H and O–H groups in total. The molecule has 0 spiro atoms. The second-order valence-corrected chi connectivity index (χ2v) is 12.0. The first-order valence-electron chi connectivity index (χ1n) is 13.6. The van der Waals surface area contributed by atoms with E-state index < -0.39 is 55.1 Å². The Kier molecular flexibility index (Phi) is 8.26. The fraction of sp³-hybridized carbons (Fsp3) is 0.679. The maximum Gasteiger partial charge on any atom is 0.482 e. The first kappa shape index (κ1) is 30.2. The van der Waals surface area contributed by atoms with Gasteiger partial charge in [0.05, 0.1) is 31.2 Å². The van der Waals surface area contributed by atoms with Gasteiger partial charge in [0.25, 0.3) is 5.92 Å². The van der Waals surface area contributed by atoms with Crippen molar-refractivity contribution in [3.8, 4) is 5.75 Å². The maximum atomic E-state index is 13.7. The van der Waals surface area contributed by atoms with E-state index in [-0.39, 0.29) is 35.2 Å². The van der Waals surface area contributed by atoms with Crippen molar-refractivity contribution in [2.75, 3.05) is 7.11 Å². The topological polar surface area (TPSA) is 109 Å². The first-order chi connectivity index (χ1) is 18.5. The number of nitrogens with one attached hydrogen (secondary N) is 1. The quantitative estimate of drug-likeness (QED) is 0.257. The van der Waals surface area contributed by atoms with Crippen molar-refractivity contribution < 1.29 is 46.7 Å². The highest BCUT2D eigenvalue weighted by molar-refractivity contribution is 6.48. The van der Waals surface area contributed by atoms with Crippen LogP contribution in [-0.2, 0) is 34.8 Å². The monoisotopic (exact) mass is 565 g/mol. The second-order valence-electron chi connectivity index (χ2n) is 12.0. The molecule has 2 bridgehead atoms. The van der Waals surface area contributed by atoms with E-state index in [0.29, 0.717) is 18.4 Å². The fourth-order valence-corrected chi connectivity index (χ4v) is 6.68. The third kappa shape index (κ3) is 5.98. The average molecular weight is 565 g/mol. The Labute approximate surface area is 233 Å². The summed E-state index contributed by atoms with van der Waals surface area (Å²) in [6, 6.07) is 4.80. The van der Waals surface area contributed by atoms with Crippen LogP contribution in [-0.4, -0.2) is 61.9 Å². The summed E-state index contributed by atoms with van der Waals surface area (Å²) in [5, 5.41) is 2.70. The third-order valence-corrected chi connectivity index (χ3v) is 8.68. The molecule has 9 nitrogen and oxygen atoms in total. The predicted octanol–water partition coefficient (Wildman–Crippen LogP) is 4.10. The molecule has 6 atom stereocenters. The van der Waals surface area contributed by atoms with Gasteiger partial charge in [0, 0.05) is 13.8 Å². The summed E-state index contributed by atoms with van der Waals surface area (Å²) in [4.78, 5) is 36.7. The van der Waals surface area contributed by atoms with E-state index in [1.807, 2.05) is 6.92 Å². The number of esters is 2. The minimum atomic E-state index is -3.20. The third-order valence-electron chi connectivity index (χ3n) is 8.68. The molecule has 1 aliphatic heterocycles. The van der Waals surface area contributed by atoms with E-state index in [0.717, 1.165) is 12.8 Å². The Hall–Kier alpha value is -2.73. The predicted molar refractivity (Wildman–Crippen MR) is 141 cm³/mol. The Morgan fingerprint density at radius 2 is 1.90 bits per heavy atom. The zero-order chi connectivity index (χ0) is 29.6. The number of benzene rings is 1. The minimum absolute atomic E-state index is 0.0653. The number of hydrogen-bond acceptors (Lipinski definition) is 8. The molecular weight excluding hydrogens is 527 g/mol. The SMILES string of the molecule is COc1c(CC(NC(=O)CC(C)(F)F)B2OC3CC4CC(C4(C)C)C3(C)O2)cccc1C(=O)OC(C)OC(C)=O. The summed E-state index contributed by atoms with van der Waals surface area (Å²) in [6.07, 6.45) is -0.399. The van der Waals surface area contributed by atoms with Crippen LogP contribution in [0.25, 0.3) is 0 Å². The van der Waals surface area contributed by atoms with Crippen LogP contribution >= 0.6 is 0 Å². The van der Waals surface area contributed by atoms with Gasteiger partial charge < -0.3 is 28.8 Å². The molecule has 12 heteroatoms. The molecule has 1 heterocycles. The van der Waals surface area contributed by atoms with Crippen LogP contribution in [0.5, 0.6) is 5.75 Å². The first-order valence-corrected chi connectivity index (χ1v) is 13.6. The van der Waals surface area contributed by atoms with E-state index in [1.165, 1.54) is 27.0 Å². The molecule has 6 unspecified atom stereocenters. The van der Waals surface area contributed by atoms with Crippen LogP contribution in [0.2, 0.25) is 0 Å². The summed E-state index contributed by atoms with van der Waals surface area (Å²) in [5.41, 5.74) is 0.0831. The molecule has 1 aromatic carbocycles. The van der Waals surface area contributed by atoms with Gasteiger partial charge in [-0.25, -0.2) is 13.6 Å². The van der Waals surface area contributed by atoms with Crippen molar-refractivity contribution in [2.24, 2.45) is 17.3 Å². The van der Waals surface area contributed by atoms with E-state index >= 15 is 0 Å². The molecule has 1 aromatic rings. The number of carbonyl (C=O) groups is 3. The standard InChI is InChI=1S/C28H38BF2NO8/c1-15(33)37-16(2)38-25(35)19-10-8-9-17(24(19)36-7)11-22(32-23(34)14-27(5,30)31)29-39-21-13-18-12-20(26(18,3)4)28(21,6)40-29/h8-10,16,18,20-22H,11-14H2,1-7H3,(H,32,34). The van der Waals surface area contributed by atoms with Gasteiger partial charge in [-0.05, 0) is 62.0 Å². The van der Waals surface area contributed by atoms with E-state index in [2.05, 4.69) is 19.2 Å². The van der Waals surface area contributed by atoms with Gasteiger partial charge in [0.2, 0.25) is 12.2 Å². The summed E-state index contributed by atoms with van der Waals surface area (Å²) < 4.78 is 55.9. The molecule has 220 valence electrons. The lowest BCUT2D eigenvalue weighted by Crippen LogP contribution is -2.65. The number of alkyl halides is 2. The van der Waals surface area contributed by atoms with E-state index in [4.69, 9.17) is 23.5 Å². The molecule has 40 heavy (non-hydrogen) atoms. The molecule has 4 aliphatic rings. The fourth-order valence-electron chi connectivity index (χ4n) is 6.68. The van der Waals surface area contributed by atoms with Gasteiger partial charge in [-0.3, -0.25) is 9.59 Å². The Balaban J connectivity index is 1.60. The van der Waals surface area contributed by atoms with Crippen LogP contribution in [0.3, 0.4) is 0 Å². The number of carbonyl (C=O) groups excluding carboxylic acids is 3. The minimum Gasteiger partial charge on any atom is -0.496 e. The molecule has 0 aromatic heterocycles. The number of rotatable bonds is 10. The summed E-state index contributed by atoms with van der Waals surface area (Å²) in [7, 11) is 0.480. The Morgan fingerprint density at radius 3 is 2.50 bits per heavy atom. The van der Waals surface area contributed by atoms with Gasteiger partial charge in [0.1, 0.15) is 11.3 Å².